The van der Waals surface area contributed by atoms with Gasteiger partial charge in [-0.05, 0) is 24.6 Å². The van der Waals surface area contributed by atoms with Gasteiger partial charge in [0.25, 0.3) is 5.91 Å². The Kier molecular flexibility index (Phi) is 8.07. The summed E-state index contributed by atoms with van der Waals surface area (Å²) in [4.78, 5) is 64.1. The molecule has 0 radical (unpaired) electrons. The second-order valence-electron chi connectivity index (χ2n) is 7.84. The molecule has 1 unspecified atom stereocenters. The van der Waals surface area contributed by atoms with E-state index in [1.807, 2.05) is 0 Å². The van der Waals surface area contributed by atoms with Crippen LogP contribution in [0.4, 0.5) is 5.69 Å². The SMILES string of the molecule is CN(C(=O)c1ccc(N2CCN(CCOCC=O)CC2)cc1C=O)C1CCC(=O)NC1=O. The number of anilines is 1. The summed E-state index contributed by atoms with van der Waals surface area (Å²) >= 11 is 0. The Hall–Kier alpha value is -3.11. The van der Waals surface area contributed by atoms with Crippen LogP contribution in [-0.2, 0) is 19.1 Å². The highest BCUT2D eigenvalue weighted by Crippen LogP contribution is 2.23. The summed E-state index contributed by atoms with van der Waals surface area (Å²) in [5.74, 6) is -1.29. The molecule has 2 heterocycles. The fraction of sp³-hybridized carbons (Fsp3) is 0.500. The molecule has 0 saturated carbocycles. The number of benzene rings is 1. The smallest absolute Gasteiger partial charge is 0.255 e. The third-order valence-electron chi connectivity index (χ3n) is 5.87. The van der Waals surface area contributed by atoms with Gasteiger partial charge in [0.15, 0.2) is 6.29 Å². The molecule has 1 aromatic carbocycles. The molecule has 1 aromatic rings. The van der Waals surface area contributed by atoms with Gasteiger partial charge in [-0.1, -0.05) is 0 Å². The Morgan fingerprint density at radius 2 is 1.97 bits per heavy atom. The third-order valence-corrected chi connectivity index (χ3v) is 5.87. The standard InChI is InChI=1S/C22H28N4O6/c1-24(19-4-5-20(29)23-21(19)30)22(31)18-3-2-17(14-16(18)15-28)26-8-6-25(7-9-26)10-12-32-13-11-27/h2-3,11,14-15,19H,4-10,12-13H2,1H3,(H,23,29,30). The van der Waals surface area contributed by atoms with Gasteiger partial charge in [0.05, 0.1) is 12.2 Å². The number of piperazine rings is 1. The van der Waals surface area contributed by atoms with Crippen molar-refractivity contribution in [3.63, 3.8) is 0 Å². The van der Waals surface area contributed by atoms with E-state index in [2.05, 4.69) is 15.1 Å². The molecular formula is C22H28N4O6. The molecule has 3 amide bonds. The Bertz CT molecular complexity index is 881. The lowest BCUT2D eigenvalue weighted by Crippen LogP contribution is -2.53. The Labute approximate surface area is 186 Å². The minimum Gasteiger partial charge on any atom is -0.373 e. The Morgan fingerprint density at radius 3 is 2.62 bits per heavy atom. The average molecular weight is 444 g/mol. The first kappa shape index (κ1) is 23.6. The summed E-state index contributed by atoms with van der Waals surface area (Å²) in [6, 6.07) is 4.37. The molecule has 0 bridgehead atoms. The van der Waals surface area contributed by atoms with Gasteiger partial charge in [-0.2, -0.15) is 0 Å². The van der Waals surface area contributed by atoms with E-state index in [1.54, 1.807) is 18.2 Å². The normalized spacial score (nSPS) is 19.4. The molecule has 0 aromatic heterocycles. The molecule has 2 saturated heterocycles. The molecule has 3 rings (SSSR count). The zero-order valence-electron chi connectivity index (χ0n) is 18.1. The fourth-order valence-corrected chi connectivity index (χ4v) is 3.98. The van der Waals surface area contributed by atoms with Crippen molar-refractivity contribution in [3.05, 3.63) is 29.3 Å². The Morgan fingerprint density at radius 1 is 1.22 bits per heavy atom. The molecule has 0 spiro atoms. The topological polar surface area (TPSA) is 116 Å². The molecule has 172 valence electrons. The van der Waals surface area contributed by atoms with Gasteiger partial charge in [0, 0.05) is 57.4 Å². The van der Waals surface area contributed by atoms with E-state index in [9.17, 15) is 24.0 Å². The van der Waals surface area contributed by atoms with E-state index in [0.29, 0.717) is 12.9 Å². The number of nitrogens with zero attached hydrogens (tertiary/aromatic N) is 3. The molecule has 10 nitrogen and oxygen atoms in total. The van der Waals surface area contributed by atoms with Crippen LogP contribution < -0.4 is 10.2 Å². The van der Waals surface area contributed by atoms with Crippen LogP contribution >= 0.6 is 0 Å². The largest absolute Gasteiger partial charge is 0.373 e. The van der Waals surface area contributed by atoms with E-state index >= 15 is 0 Å². The number of imide groups is 1. The average Bonchev–Trinajstić information content (AvgIpc) is 2.81. The number of hydrogen-bond donors (Lipinski definition) is 1. The number of carbonyl (C=O) groups is 5. The minimum atomic E-state index is -0.747. The summed E-state index contributed by atoms with van der Waals surface area (Å²) in [5.41, 5.74) is 1.34. The van der Waals surface area contributed by atoms with Crippen molar-refractivity contribution in [2.24, 2.45) is 0 Å². The second-order valence-corrected chi connectivity index (χ2v) is 7.84. The number of hydrogen-bond acceptors (Lipinski definition) is 8. The van der Waals surface area contributed by atoms with Gasteiger partial charge < -0.3 is 19.3 Å². The lowest BCUT2D eigenvalue weighted by molar-refractivity contribution is -0.136. The molecule has 1 atom stereocenters. The number of aldehydes is 2. The van der Waals surface area contributed by atoms with Gasteiger partial charge >= 0.3 is 0 Å². The zero-order valence-corrected chi connectivity index (χ0v) is 18.1. The van der Waals surface area contributed by atoms with Crippen molar-refractivity contribution in [2.75, 3.05) is 57.9 Å². The van der Waals surface area contributed by atoms with Crippen LogP contribution in [0.1, 0.15) is 33.6 Å². The van der Waals surface area contributed by atoms with Crippen LogP contribution in [-0.4, -0.2) is 99.1 Å². The van der Waals surface area contributed by atoms with Gasteiger partial charge in [-0.15, -0.1) is 0 Å². The van der Waals surface area contributed by atoms with Gasteiger partial charge in [0.1, 0.15) is 18.9 Å². The number of amides is 3. The fourth-order valence-electron chi connectivity index (χ4n) is 3.98. The van der Waals surface area contributed by atoms with E-state index < -0.39 is 17.9 Å². The predicted octanol–water partition coefficient (Wildman–Crippen LogP) is -0.286. The highest BCUT2D eigenvalue weighted by Gasteiger charge is 2.33. The first-order valence-electron chi connectivity index (χ1n) is 10.6. The summed E-state index contributed by atoms with van der Waals surface area (Å²) in [7, 11) is 1.50. The van der Waals surface area contributed by atoms with Crippen molar-refractivity contribution < 1.29 is 28.7 Å². The number of piperidine rings is 1. The maximum absolute atomic E-state index is 13.0. The van der Waals surface area contributed by atoms with Crippen LogP contribution in [0, 0.1) is 0 Å². The molecule has 2 aliphatic rings. The highest BCUT2D eigenvalue weighted by atomic mass is 16.5. The van der Waals surface area contributed by atoms with Crippen molar-refractivity contribution in [2.45, 2.75) is 18.9 Å². The number of nitrogens with one attached hydrogen (secondary N) is 1. The molecular weight excluding hydrogens is 416 g/mol. The number of likely N-dealkylation sites (N-methyl/N-ethyl adjacent to an activating group) is 1. The number of carbonyl (C=O) groups excluding carboxylic acids is 5. The maximum atomic E-state index is 13.0. The molecule has 2 fully saturated rings. The summed E-state index contributed by atoms with van der Waals surface area (Å²) in [5, 5.41) is 2.24. The molecule has 0 aliphatic carbocycles. The lowest BCUT2D eigenvalue weighted by Gasteiger charge is -2.36. The van der Waals surface area contributed by atoms with Crippen LogP contribution in [0.25, 0.3) is 0 Å². The van der Waals surface area contributed by atoms with Crippen LogP contribution in [0.5, 0.6) is 0 Å². The maximum Gasteiger partial charge on any atom is 0.255 e. The van der Waals surface area contributed by atoms with Crippen LogP contribution in [0.2, 0.25) is 0 Å². The Balaban J connectivity index is 1.63. The highest BCUT2D eigenvalue weighted by molar-refractivity contribution is 6.06. The van der Waals surface area contributed by atoms with E-state index in [-0.39, 0.29) is 36.5 Å². The summed E-state index contributed by atoms with van der Waals surface area (Å²) < 4.78 is 5.20. The van der Waals surface area contributed by atoms with Crippen LogP contribution in [0.3, 0.4) is 0 Å². The first-order chi connectivity index (χ1) is 15.4. The quantitative estimate of drug-likeness (QED) is 0.314. The molecule has 1 N–H and O–H groups in total. The van der Waals surface area contributed by atoms with Crippen molar-refractivity contribution in [1.82, 2.24) is 15.1 Å². The first-order valence-corrected chi connectivity index (χ1v) is 10.6. The van der Waals surface area contributed by atoms with E-state index in [0.717, 1.165) is 44.7 Å². The summed E-state index contributed by atoms with van der Waals surface area (Å²) in [6.07, 6.45) is 1.81. The molecule has 10 heteroatoms. The monoisotopic (exact) mass is 444 g/mol. The number of rotatable bonds is 9. The van der Waals surface area contributed by atoms with Gasteiger partial charge in [-0.3, -0.25) is 29.4 Å². The van der Waals surface area contributed by atoms with E-state index in [4.69, 9.17) is 4.74 Å². The zero-order chi connectivity index (χ0) is 23.1. The van der Waals surface area contributed by atoms with E-state index in [1.165, 1.54) is 11.9 Å². The summed E-state index contributed by atoms with van der Waals surface area (Å²) in [6.45, 7) is 4.52. The van der Waals surface area contributed by atoms with Crippen molar-refractivity contribution >= 4 is 36.0 Å². The number of ether oxygens (including phenoxy) is 1. The molecule has 32 heavy (non-hydrogen) atoms. The lowest BCUT2D eigenvalue weighted by atomic mass is 10.0. The van der Waals surface area contributed by atoms with Crippen LogP contribution in [0.15, 0.2) is 18.2 Å². The van der Waals surface area contributed by atoms with Crippen molar-refractivity contribution in [1.29, 1.82) is 0 Å². The molecule has 2 aliphatic heterocycles. The van der Waals surface area contributed by atoms with Gasteiger partial charge in [0.2, 0.25) is 11.8 Å². The minimum absolute atomic E-state index is 0.109. The second kappa shape index (κ2) is 11.0. The van der Waals surface area contributed by atoms with Crippen molar-refractivity contribution in [3.8, 4) is 0 Å². The predicted molar refractivity (Wildman–Crippen MR) is 116 cm³/mol. The third kappa shape index (κ3) is 5.57. The van der Waals surface area contributed by atoms with Gasteiger partial charge in [-0.25, -0.2) is 0 Å².